The Bertz CT molecular complexity index is 414. The van der Waals surface area contributed by atoms with Gasteiger partial charge in [-0.25, -0.2) is 0 Å². The summed E-state index contributed by atoms with van der Waals surface area (Å²) in [5.74, 6) is 1.87. The molecule has 2 heteroatoms. The fraction of sp³-hybridized carbons (Fsp3) is 0.647. The Labute approximate surface area is 117 Å². The molecule has 1 aliphatic rings. The van der Waals surface area contributed by atoms with Crippen LogP contribution in [0.15, 0.2) is 18.2 Å². The van der Waals surface area contributed by atoms with E-state index in [-0.39, 0.29) is 6.04 Å². The van der Waals surface area contributed by atoms with E-state index >= 15 is 0 Å². The van der Waals surface area contributed by atoms with Crippen LogP contribution in [-0.4, -0.2) is 12.1 Å². The summed E-state index contributed by atoms with van der Waals surface area (Å²) in [7, 11) is 0. The van der Waals surface area contributed by atoms with Crippen LogP contribution in [0.1, 0.15) is 50.7 Å². The molecule has 0 heterocycles. The highest BCUT2D eigenvalue weighted by molar-refractivity contribution is 5.41. The van der Waals surface area contributed by atoms with Gasteiger partial charge in [-0.1, -0.05) is 31.5 Å². The first kappa shape index (κ1) is 14.4. The van der Waals surface area contributed by atoms with Gasteiger partial charge >= 0.3 is 0 Å². The molecule has 0 bridgehead atoms. The van der Waals surface area contributed by atoms with Crippen molar-refractivity contribution in [3.63, 3.8) is 0 Å². The van der Waals surface area contributed by atoms with Crippen LogP contribution in [0, 0.1) is 12.8 Å². The lowest BCUT2D eigenvalue weighted by atomic mass is 9.88. The molecule has 3 atom stereocenters. The lowest BCUT2D eigenvalue weighted by Crippen LogP contribution is -2.25. The fourth-order valence-electron chi connectivity index (χ4n) is 3.04. The Kier molecular flexibility index (Phi) is 4.87. The molecule has 0 aromatic heterocycles. The Morgan fingerprint density at radius 1 is 1.37 bits per heavy atom. The maximum absolute atomic E-state index is 6.33. The summed E-state index contributed by atoms with van der Waals surface area (Å²) in [6, 6.07) is 6.56. The van der Waals surface area contributed by atoms with Crippen molar-refractivity contribution in [1.29, 1.82) is 0 Å². The first-order valence-electron chi connectivity index (χ1n) is 7.57. The molecule has 3 unspecified atom stereocenters. The Hall–Kier alpha value is -1.02. The van der Waals surface area contributed by atoms with Gasteiger partial charge in [-0.3, -0.25) is 0 Å². The van der Waals surface area contributed by atoms with Gasteiger partial charge < -0.3 is 10.5 Å². The van der Waals surface area contributed by atoms with Crippen molar-refractivity contribution < 1.29 is 4.74 Å². The summed E-state index contributed by atoms with van der Waals surface area (Å²) in [5.41, 5.74) is 8.43. The third kappa shape index (κ3) is 3.97. The molecular weight excluding hydrogens is 234 g/mol. The van der Waals surface area contributed by atoms with Gasteiger partial charge in [0, 0.05) is 6.04 Å². The predicted molar refractivity (Wildman–Crippen MR) is 80.6 cm³/mol. The molecule has 1 saturated carbocycles. The van der Waals surface area contributed by atoms with E-state index in [1.807, 2.05) is 0 Å². The van der Waals surface area contributed by atoms with Crippen molar-refractivity contribution in [3.8, 4) is 5.75 Å². The topological polar surface area (TPSA) is 35.2 Å². The van der Waals surface area contributed by atoms with Gasteiger partial charge in [-0.15, -0.1) is 0 Å². The van der Waals surface area contributed by atoms with Gasteiger partial charge in [0.15, 0.2) is 0 Å². The van der Waals surface area contributed by atoms with Crippen molar-refractivity contribution in [2.24, 2.45) is 11.7 Å². The smallest absolute Gasteiger partial charge is 0.125 e. The molecule has 1 aliphatic carbocycles. The van der Waals surface area contributed by atoms with Crippen LogP contribution in [0.25, 0.3) is 0 Å². The summed E-state index contributed by atoms with van der Waals surface area (Å²) in [4.78, 5) is 0. The molecule has 0 aliphatic heterocycles. The van der Waals surface area contributed by atoms with Crippen molar-refractivity contribution in [3.05, 3.63) is 29.3 Å². The van der Waals surface area contributed by atoms with Gasteiger partial charge in [0.25, 0.3) is 0 Å². The highest BCUT2D eigenvalue weighted by atomic mass is 16.5. The number of ether oxygens (including phenoxy) is 1. The largest absolute Gasteiger partial charge is 0.490 e. The molecule has 0 saturated heterocycles. The van der Waals surface area contributed by atoms with E-state index in [1.54, 1.807) is 0 Å². The minimum absolute atomic E-state index is 0.175. The molecule has 106 valence electrons. The number of nitrogens with two attached hydrogens (primary N) is 1. The first-order chi connectivity index (χ1) is 9.06. The zero-order chi connectivity index (χ0) is 13.8. The molecular formula is C17H27NO. The SMILES string of the molecule is Cc1cccc(CC(C)N)c1OC1CCCC(C)C1. The maximum atomic E-state index is 6.33. The molecule has 1 aromatic carbocycles. The first-order valence-corrected chi connectivity index (χ1v) is 7.57. The molecule has 19 heavy (non-hydrogen) atoms. The summed E-state index contributed by atoms with van der Waals surface area (Å²) in [5, 5.41) is 0. The highest BCUT2D eigenvalue weighted by Gasteiger charge is 2.22. The van der Waals surface area contributed by atoms with Crippen molar-refractivity contribution >= 4 is 0 Å². The zero-order valence-corrected chi connectivity index (χ0v) is 12.5. The van der Waals surface area contributed by atoms with E-state index in [1.165, 1.54) is 36.8 Å². The number of aryl methyl sites for hydroxylation is 1. The summed E-state index contributed by atoms with van der Waals surface area (Å²) >= 11 is 0. The summed E-state index contributed by atoms with van der Waals surface area (Å²) < 4.78 is 6.33. The maximum Gasteiger partial charge on any atom is 0.125 e. The Balaban J connectivity index is 2.13. The van der Waals surface area contributed by atoms with Crippen LogP contribution in [0.3, 0.4) is 0 Å². The van der Waals surface area contributed by atoms with Crippen LogP contribution in [0.2, 0.25) is 0 Å². The van der Waals surface area contributed by atoms with Crippen LogP contribution in [0.5, 0.6) is 5.75 Å². The predicted octanol–water partition coefficient (Wildman–Crippen LogP) is 3.84. The van der Waals surface area contributed by atoms with E-state index in [0.29, 0.717) is 6.10 Å². The molecule has 2 rings (SSSR count). The normalized spacial score (nSPS) is 25.1. The third-order valence-corrected chi connectivity index (χ3v) is 4.01. The summed E-state index contributed by atoms with van der Waals surface area (Å²) in [6.45, 7) is 6.51. The van der Waals surface area contributed by atoms with Gasteiger partial charge in [-0.05, 0) is 56.6 Å². The van der Waals surface area contributed by atoms with Gasteiger partial charge in [0.05, 0.1) is 6.10 Å². The van der Waals surface area contributed by atoms with Crippen LogP contribution >= 0.6 is 0 Å². The lowest BCUT2D eigenvalue weighted by molar-refractivity contribution is 0.127. The average Bonchev–Trinajstić information content (AvgIpc) is 2.33. The van der Waals surface area contributed by atoms with Crippen LogP contribution in [0.4, 0.5) is 0 Å². The van der Waals surface area contributed by atoms with E-state index in [0.717, 1.165) is 18.1 Å². The monoisotopic (exact) mass is 261 g/mol. The van der Waals surface area contributed by atoms with Crippen LogP contribution in [-0.2, 0) is 6.42 Å². The van der Waals surface area contributed by atoms with E-state index in [9.17, 15) is 0 Å². The number of rotatable bonds is 4. The average molecular weight is 261 g/mol. The second-order valence-corrected chi connectivity index (χ2v) is 6.26. The molecule has 0 amide bonds. The lowest BCUT2D eigenvalue weighted by Gasteiger charge is -2.29. The molecule has 1 aromatic rings. The number of hydrogen-bond donors (Lipinski definition) is 1. The molecule has 0 radical (unpaired) electrons. The Morgan fingerprint density at radius 3 is 2.84 bits per heavy atom. The number of para-hydroxylation sites is 1. The minimum atomic E-state index is 0.175. The van der Waals surface area contributed by atoms with Crippen LogP contribution < -0.4 is 10.5 Å². The zero-order valence-electron chi connectivity index (χ0n) is 12.5. The van der Waals surface area contributed by atoms with Gasteiger partial charge in [0.1, 0.15) is 5.75 Å². The van der Waals surface area contributed by atoms with Crippen molar-refractivity contribution in [2.75, 3.05) is 0 Å². The van der Waals surface area contributed by atoms with E-state index in [2.05, 4.69) is 39.0 Å². The Morgan fingerprint density at radius 2 is 2.16 bits per heavy atom. The standard InChI is InChI=1S/C17H27NO/c1-12-6-4-9-16(10-12)19-17-13(2)7-5-8-15(17)11-14(3)18/h5,7-8,12,14,16H,4,6,9-11,18H2,1-3H3. The number of benzene rings is 1. The number of hydrogen-bond acceptors (Lipinski definition) is 2. The quantitative estimate of drug-likeness (QED) is 0.893. The molecule has 2 N–H and O–H groups in total. The third-order valence-electron chi connectivity index (χ3n) is 4.01. The minimum Gasteiger partial charge on any atom is -0.490 e. The molecule has 0 spiro atoms. The summed E-state index contributed by atoms with van der Waals surface area (Å²) in [6.07, 6.45) is 6.29. The van der Waals surface area contributed by atoms with E-state index in [4.69, 9.17) is 10.5 Å². The van der Waals surface area contributed by atoms with Gasteiger partial charge in [-0.2, -0.15) is 0 Å². The van der Waals surface area contributed by atoms with Gasteiger partial charge in [0.2, 0.25) is 0 Å². The molecule has 2 nitrogen and oxygen atoms in total. The molecule has 1 fully saturated rings. The second kappa shape index (κ2) is 6.42. The van der Waals surface area contributed by atoms with Crippen molar-refractivity contribution in [2.45, 2.75) is 65.0 Å². The second-order valence-electron chi connectivity index (χ2n) is 6.26. The fourth-order valence-corrected chi connectivity index (χ4v) is 3.04. The van der Waals surface area contributed by atoms with E-state index < -0.39 is 0 Å². The van der Waals surface area contributed by atoms with Crippen molar-refractivity contribution in [1.82, 2.24) is 0 Å². The highest BCUT2D eigenvalue weighted by Crippen LogP contribution is 2.31.